The van der Waals surface area contributed by atoms with Crippen molar-refractivity contribution in [3.05, 3.63) is 57.8 Å². The fourth-order valence-electron chi connectivity index (χ4n) is 2.62. The third-order valence-electron chi connectivity index (χ3n) is 4.56. The first-order valence-electron chi connectivity index (χ1n) is 8.54. The van der Waals surface area contributed by atoms with E-state index in [1.165, 1.54) is 6.20 Å². The number of carbonyl (C=O) groups excluding carboxylic acids is 1. The van der Waals surface area contributed by atoms with Crippen LogP contribution in [0.2, 0.25) is 0 Å². The van der Waals surface area contributed by atoms with E-state index in [9.17, 15) is 26.4 Å². The highest BCUT2D eigenvalue weighted by molar-refractivity contribution is 9.10. The zero-order chi connectivity index (χ0) is 21.4. The zero-order valence-corrected chi connectivity index (χ0v) is 17.6. The van der Waals surface area contributed by atoms with Gasteiger partial charge >= 0.3 is 6.18 Å². The Balaban J connectivity index is 1.68. The number of aromatic nitrogens is 1. The second-order valence-electron chi connectivity index (χ2n) is 6.89. The Morgan fingerprint density at radius 2 is 1.93 bits per heavy atom. The molecule has 0 bridgehead atoms. The molecule has 1 aliphatic rings. The second-order valence-corrected chi connectivity index (χ2v) is 9.48. The van der Waals surface area contributed by atoms with Crippen LogP contribution in [0.4, 0.5) is 13.2 Å². The molecule has 1 fully saturated rings. The molecule has 0 radical (unpaired) electrons. The van der Waals surface area contributed by atoms with Crippen LogP contribution in [0.5, 0.6) is 0 Å². The van der Waals surface area contributed by atoms with E-state index >= 15 is 0 Å². The summed E-state index contributed by atoms with van der Waals surface area (Å²) in [5.74, 6) is -0.370. The normalized spacial score (nSPS) is 15.8. The molecule has 1 amide bonds. The maximum Gasteiger partial charge on any atom is 0.416 e. The molecule has 2 aromatic rings. The monoisotopic (exact) mass is 491 g/mol. The summed E-state index contributed by atoms with van der Waals surface area (Å²) in [5, 5.41) is 2.80. The van der Waals surface area contributed by atoms with Crippen molar-refractivity contribution < 1.29 is 26.4 Å². The van der Waals surface area contributed by atoms with Crippen LogP contribution in [-0.2, 0) is 16.2 Å². The fraction of sp³-hybridized carbons (Fsp3) is 0.333. The highest BCUT2D eigenvalue weighted by Gasteiger charge is 2.45. The highest BCUT2D eigenvalue weighted by atomic mass is 79.9. The third kappa shape index (κ3) is 5.14. The fourth-order valence-corrected chi connectivity index (χ4v) is 4.82. The van der Waals surface area contributed by atoms with Crippen molar-refractivity contribution in [3.8, 4) is 0 Å². The van der Waals surface area contributed by atoms with Gasteiger partial charge in [0.05, 0.1) is 21.6 Å². The van der Waals surface area contributed by atoms with Crippen molar-refractivity contribution in [2.75, 3.05) is 6.54 Å². The zero-order valence-electron chi connectivity index (χ0n) is 15.2. The van der Waals surface area contributed by atoms with Crippen molar-refractivity contribution in [3.63, 3.8) is 0 Å². The summed E-state index contributed by atoms with van der Waals surface area (Å²) in [7, 11) is -4.08. The number of benzene rings is 1. The standard InChI is InChI=1S/C18H17BrF3N3O3S/c1-11-2-3-12(9-23-11)16(26)25-17(6-7-17)10-24-29(27,28)15-5-4-13(8-14(15)19)18(20,21)22/h2-5,8-9,24H,6-7,10H2,1H3,(H,25,26). The van der Waals surface area contributed by atoms with Gasteiger partial charge in [0.25, 0.3) is 5.91 Å². The molecule has 156 valence electrons. The number of hydrogen-bond donors (Lipinski definition) is 2. The van der Waals surface area contributed by atoms with E-state index < -0.39 is 27.3 Å². The van der Waals surface area contributed by atoms with Gasteiger partial charge in [-0.05, 0) is 66.0 Å². The van der Waals surface area contributed by atoms with Gasteiger partial charge in [-0.25, -0.2) is 13.1 Å². The minimum Gasteiger partial charge on any atom is -0.345 e. The topological polar surface area (TPSA) is 88.2 Å². The Morgan fingerprint density at radius 3 is 2.45 bits per heavy atom. The molecular formula is C18H17BrF3N3O3S. The number of alkyl halides is 3. The Hall–Kier alpha value is -1.98. The molecule has 2 N–H and O–H groups in total. The number of sulfonamides is 1. The predicted molar refractivity (Wildman–Crippen MR) is 103 cm³/mol. The lowest BCUT2D eigenvalue weighted by Gasteiger charge is -2.19. The van der Waals surface area contributed by atoms with Crippen molar-refractivity contribution >= 4 is 31.9 Å². The van der Waals surface area contributed by atoms with Gasteiger partial charge in [0.1, 0.15) is 0 Å². The van der Waals surface area contributed by atoms with Crippen LogP contribution in [0.25, 0.3) is 0 Å². The average molecular weight is 492 g/mol. The van der Waals surface area contributed by atoms with Gasteiger partial charge in [0.2, 0.25) is 10.0 Å². The molecule has 1 aromatic carbocycles. The largest absolute Gasteiger partial charge is 0.416 e. The van der Waals surface area contributed by atoms with Crippen molar-refractivity contribution in [1.82, 2.24) is 15.0 Å². The van der Waals surface area contributed by atoms with Crippen LogP contribution in [-0.4, -0.2) is 31.4 Å². The van der Waals surface area contributed by atoms with Gasteiger partial charge in [-0.2, -0.15) is 13.2 Å². The minimum absolute atomic E-state index is 0.0756. The lowest BCUT2D eigenvalue weighted by atomic mass is 10.2. The summed E-state index contributed by atoms with van der Waals surface area (Å²) < 4.78 is 65.5. The summed E-state index contributed by atoms with van der Waals surface area (Å²) in [5.41, 5.74) is -0.568. The van der Waals surface area contributed by atoms with E-state index in [-0.39, 0.29) is 21.8 Å². The smallest absolute Gasteiger partial charge is 0.345 e. The first-order valence-corrected chi connectivity index (χ1v) is 10.8. The van der Waals surface area contributed by atoms with Gasteiger partial charge in [-0.15, -0.1) is 0 Å². The quantitative estimate of drug-likeness (QED) is 0.647. The molecule has 6 nitrogen and oxygen atoms in total. The average Bonchev–Trinajstić information content (AvgIpc) is 3.39. The number of amides is 1. The van der Waals surface area contributed by atoms with Crippen LogP contribution >= 0.6 is 15.9 Å². The van der Waals surface area contributed by atoms with E-state index in [2.05, 4.69) is 31.0 Å². The molecule has 0 aliphatic heterocycles. The molecule has 0 atom stereocenters. The molecular weight excluding hydrogens is 475 g/mol. The Bertz CT molecular complexity index is 1040. The highest BCUT2D eigenvalue weighted by Crippen LogP contribution is 2.36. The van der Waals surface area contributed by atoms with E-state index in [0.717, 1.165) is 11.8 Å². The summed E-state index contributed by atoms with van der Waals surface area (Å²) in [6.07, 6.45) is -1.99. The van der Waals surface area contributed by atoms with Gasteiger partial charge in [0, 0.05) is 22.9 Å². The Morgan fingerprint density at radius 1 is 1.24 bits per heavy atom. The number of pyridine rings is 1. The predicted octanol–water partition coefficient (Wildman–Crippen LogP) is 3.41. The van der Waals surface area contributed by atoms with Crippen LogP contribution in [0.1, 0.15) is 34.5 Å². The Kier molecular flexibility index (Phi) is 5.76. The molecule has 1 saturated carbocycles. The van der Waals surface area contributed by atoms with E-state index in [4.69, 9.17) is 0 Å². The van der Waals surface area contributed by atoms with Crippen molar-refractivity contribution in [2.45, 2.75) is 36.4 Å². The molecule has 0 spiro atoms. The first-order chi connectivity index (χ1) is 13.4. The van der Waals surface area contributed by atoms with Gasteiger partial charge in [-0.1, -0.05) is 0 Å². The molecule has 3 rings (SSSR count). The van der Waals surface area contributed by atoms with Crippen LogP contribution in [0.15, 0.2) is 45.9 Å². The number of carbonyl (C=O) groups is 1. The summed E-state index contributed by atoms with van der Waals surface area (Å²) >= 11 is 2.89. The lowest BCUT2D eigenvalue weighted by molar-refractivity contribution is -0.137. The molecule has 1 aliphatic carbocycles. The maximum atomic E-state index is 12.8. The van der Waals surface area contributed by atoms with Gasteiger partial charge in [0.15, 0.2) is 0 Å². The number of halogens is 4. The molecule has 11 heteroatoms. The van der Waals surface area contributed by atoms with Crippen molar-refractivity contribution in [1.29, 1.82) is 0 Å². The van der Waals surface area contributed by atoms with E-state index in [1.54, 1.807) is 19.1 Å². The molecule has 29 heavy (non-hydrogen) atoms. The van der Waals surface area contributed by atoms with Crippen LogP contribution in [0, 0.1) is 6.92 Å². The van der Waals surface area contributed by atoms with Gasteiger partial charge < -0.3 is 5.32 Å². The maximum absolute atomic E-state index is 12.8. The molecule has 0 saturated heterocycles. The number of hydrogen-bond acceptors (Lipinski definition) is 4. The van der Waals surface area contributed by atoms with Crippen molar-refractivity contribution in [2.24, 2.45) is 0 Å². The van der Waals surface area contributed by atoms with Gasteiger partial charge in [-0.3, -0.25) is 9.78 Å². The summed E-state index contributed by atoms with van der Waals surface area (Å²) in [6.45, 7) is 1.71. The summed E-state index contributed by atoms with van der Waals surface area (Å²) in [4.78, 5) is 16.1. The van der Waals surface area contributed by atoms with E-state index in [0.29, 0.717) is 30.5 Å². The molecule has 1 aromatic heterocycles. The van der Waals surface area contributed by atoms with Crippen LogP contribution < -0.4 is 10.0 Å². The lowest BCUT2D eigenvalue weighted by Crippen LogP contribution is -2.45. The molecule has 0 unspecified atom stereocenters. The number of nitrogens with one attached hydrogen (secondary N) is 2. The van der Waals surface area contributed by atoms with Crippen LogP contribution in [0.3, 0.4) is 0 Å². The molecule has 1 heterocycles. The second kappa shape index (κ2) is 7.69. The third-order valence-corrected chi connectivity index (χ3v) is 6.93. The summed E-state index contributed by atoms with van der Waals surface area (Å²) in [6, 6.07) is 5.63. The Labute approximate surface area is 174 Å². The SMILES string of the molecule is Cc1ccc(C(=O)NC2(CNS(=O)(=O)c3ccc(C(F)(F)F)cc3Br)CC2)cn1. The minimum atomic E-state index is -4.58. The first kappa shape index (κ1) is 21.7. The van der Waals surface area contributed by atoms with E-state index in [1.807, 2.05) is 0 Å². The number of nitrogens with zero attached hydrogens (tertiary/aromatic N) is 1. The number of rotatable bonds is 6. The number of aryl methyl sites for hydroxylation is 1.